The molecule has 25 N–H and O–H groups in total. The topological polar surface area (TPSA) is 640 Å². The van der Waals surface area contributed by atoms with Crippen LogP contribution in [-0.4, -0.2) is 344 Å². The number of ether oxygens (including phenoxy) is 10. The maximum absolute atomic E-state index is 12.3. The lowest BCUT2D eigenvalue weighted by Gasteiger charge is -2.50. The van der Waals surface area contributed by atoms with Crippen molar-refractivity contribution in [2.75, 3.05) is 46.2 Å². The molecule has 0 spiro atoms. The molecule has 6 rings (SSSR count). The highest BCUT2D eigenvalue weighted by Crippen LogP contribution is 2.45. The van der Waals surface area contributed by atoms with Crippen molar-refractivity contribution in [3.63, 3.8) is 0 Å². The van der Waals surface area contributed by atoms with E-state index in [1.165, 1.54) is 0 Å². The Labute approximate surface area is 457 Å². The number of phosphoric ester groups is 2. The lowest BCUT2D eigenvalue weighted by atomic mass is 9.84. The van der Waals surface area contributed by atoms with Crippen LogP contribution in [0.2, 0.25) is 0 Å². The van der Waals surface area contributed by atoms with Crippen LogP contribution in [0.15, 0.2) is 0 Å². The summed E-state index contributed by atoms with van der Waals surface area (Å²) in [6, 6.07) is -3.65. The monoisotopic (exact) mass is 1230 g/mol. The van der Waals surface area contributed by atoms with Crippen LogP contribution in [0.1, 0.15) is 6.92 Å². The van der Waals surface area contributed by atoms with E-state index >= 15 is 0 Å². The Bertz CT molecular complexity index is 2080. The molecule has 5 heterocycles. The van der Waals surface area contributed by atoms with Crippen molar-refractivity contribution in [1.82, 2.24) is 5.32 Å². The molecule has 81 heavy (non-hydrogen) atoms. The van der Waals surface area contributed by atoms with E-state index in [0.29, 0.717) is 0 Å². The number of hydrogen-bond donors (Lipinski definition) is 23. The number of aliphatic hydroxyl groups is 17. The van der Waals surface area contributed by atoms with Crippen LogP contribution in [0.3, 0.4) is 0 Å². The van der Waals surface area contributed by atoms with Crippen molar-refractivity contribution >= 4 is 21.6 Å². The summed E-state index contributed by atoms with van der Waals surface area (Å²) in [5.74, 6) is -0.840. The highest BCUT2D eigenvalue weighted by Gasteiger charge is 2.58. The first-order valence-electron chi connectivity index (χ1n) is 24.8. The predicted octanol–water partition coefficient (Wildman–Crippen LogP) is -14.4. The number of aliphatic hydroxyl groups excluding tert-OH is 17. The van der Waals surface area contributed by atoms with Crippen LogP contribution in [0.25, 0.3) is 0 Å². The summed E-state index contributed by atoms with van der Waals surface area (Å²) in [6.45, 7) is -4.94. The first-order chi connectivity index (χ1) is 37.9. The molecule has 0 radical (unpaired) electrons. The number of hydrogen-bond acceptors (Lipinski definition) is 35. The van der Waals surface area contributed by atoms with Crippen molar-refractivity contribution in [3.05, 3.63) is 0 Å². The molecule has 5 aliphatic heterocycles. The minimum Gasteiger partial charge on any atom is -0.394 e. The predicted molar refractivity (Wildman–Crippen MR) is 247 cm³/mol. The van der Waals surface area contributed by atoms with Gasteiger partial charge in [0, 0.05) is 13.5 Å². The smallest absolute Gasteiger partial charge is 0.394 e. The Kier molecular flexibility index (Phi) is 24.6. The van der Waals surface area contributed by atoms with Crippen molar-refractivity contribution in [2.45, 2.75) is 197 Å². The molecular weight excluding hydrogens is 1160 g/mol. The third-order valence-corrected chi connectivity index (χ3v) is 15.5. The van der Waals surface area contributed by atoms with Gasteiger partial charge in [-0.25, -0.2) is 9.13 Å². The van der Waals surface area contributed by atoms with Crippen molar-refractivity contribution in [1.29, 1.82) is 0 Å². The minimum atomic E-state index is -5.57. The van der Waals surface area contributed by atoms with E-state index < -0.39 is 251 Å². The number of nitrogens with two attached hydrogens (primary N) is 2. The highest BCUT2D eigenvalue weighted by molar-refractivity contribution is 7.47. The molecule has 39 nitrogen and oxygen atoms in total. The molecule has 0 aromatic carbocycles. The molecule has 0 aromatic heterocycles. The van der Waals surface area contributed by atoms with Gasteiger partial charge in [-0.1, -0.05) is 0 Å². The Morgan fingerprint density at radius 2 is 0.901 bits per heavy atom. The number of rotatable bonds is 23. The van der Waals surface area contributed by atoms with Gasteiger partial charge in [0.05, 0.1) is 45.7 Å². The second-order valence-electron chi connectivity index (χ2n) is 19.6. The fraction of sp³-hybridized carbons (Fsp3) is 0.975. The van der Waals surface area contributed by atoms with Gasteiger partial charge >= 0.3 is 15.6 Å². The number of nitrogens with one attached hydrogen (secondary N) is 1. The van der Waals surface area contributed by atoms with Crippen LogP contribution < -0.4 is 16.8 Å². The molecule has 1 unspecified atom stereocenters. The first kappa shape index (κ1) is 68.6. The SMILES string of the molecule is CC(=O)N[C@H]1[C@H](O[C@H]2[C@H](O)[C@H](O)[C@@H](O[C@H]3[C@H](O)[C@@H](N)[C@@H](O[C@@H]4[C@@H](O)[C@H](O)[C@@H](O)[C@@H](O)[C@H]4OP(=O)(O)O)O[C@@H]3CO)O[C@@H]2CO[C@H]2O[C@H](CO)[C@@H](O)[C@H](O)[C@@H]2O[C@H]2O[C@H](COP(=O)(O)OCCN)[C@@H](O)[C@H](O)[C@@H]2O)O[C@H](CO)[C@H](O)[C@@H]1O. The maximum atomic E-state index is 12.3. The molecule has 0 bridgehead atoms. The summed E-state index contributed by atoms with van der Waals surface area (Å²) in [6.07, 6.45) is -60.8. The van der Waals surface area contributed by atoms with Gasteiger partial charge in [0.2, 0.25) is 5.91 Å². The quantitative estimate of drug-likeness (QED) is 0.0422. The summed E-state index contributed by atoms with van der Waals surface area (Å²) in [5, 5.41) is 186. The normalized spacial score (nSPS) is 48.1. The minimum absolute atomic E-state index is 0.213. The number of phosphoric acid groups is 2. The van der Waals surface area contributed by atoms with E-state index in [2.05, 4.69) is 14.4 Å². The van der Waals surface area contributed by atoms with Crippen LogP contribution in [0, 0.1) is 0 Å². The van der Waals surface area contributed by atoms with Gasteiger partial charge < -0.3 is 166 Å². The second-order valence-corrected chi connectivity index (χ2v) is 22.3. The van der Waals surface area contributed by atoms with Gasteiger partial charge in [0.25, 0.3) is 0 Å². The standard InChI is InChI=1S/C40H73N3O36P2/c1-9(47)43-16-21(52)17(48)10(4-44)70-37(16)75-32-14(7-67-40-35(25(56)18(49)11(5-45)71-40)78-38-29(60)22(53)19(50)13(73-38)8-69-81(65,66)68-3-2-41)74-39(30(61)28(32)59)76-31-12(6-46)72-36(15(42)20(31)51)77-33-26(57)23(54)24(55)27(58)34(33)79-80(62,63)64/h10-40,44-46,48-61H,2-8,41-42H2,1H3,(H,43,47)(H,65,66)(H2,62,63,64)/t10-,11-,12-,13-,14-,15-,16-,17+,18-,19-,20-,21-,22+,23-,24-,25+,26+,27-,28-,29+,30+,31-,32-,33-,34-,35+,36-,37+,38-,39-,40+/m1/s1. The van der Waals surface area contributed by atoms with Gasteiger partial charge in [-0.05, 0) is 0 Å². The van der Waals surface area contributed by atoms with Crippen molar-refractivity contribution in [2.24, 2.45) is 11.5 Å². The van der Waals surface area contributed by atoms with E-state index in [9.17, 15) is 115 Å². The zero-order valence-electron chi connectivity index (χ0n) is 42.4. The fourth-order valence-electron chi connectivity index (χ4n) is 9.59. The zero-order valence-corrected chi connectivity index (χ0v) is 44.2. The first-order valence-corrected chi connectivity index (χ1v) is 27.9. The van der Waals surface area contributed by atoms with E-state index in [0.717, 1.165) is 6.92 Å². The summed E-state index contributed by atoms with van der Waals surface area (Å²) >= 11 is 0. The zero-order chi connectivity index (χ0) is 60.3. The average Bonchev–Trinajstić information content (AvgIpc) is 3.41. The summed E-state index contributed by atoms with van der Waals surface area (Å²) < 4.78 is 95.8. The van der Waals surface area contributed by atoms with Crippen LogP contribution in [0.4, 0.5) is 0 Å². The average molecular weight is 1230 g/mol. The number of amides is 1. The van der Waals surface area contributed by atoms with Crippen molar-refractivity contribution in [3.8, 4) is 0 Å². The molecule has 1 aliphatic carbocycles. The third kappa shape index (κ3) is 16.0. The van der Waals surface area contributed by atoms with Gasteiger partial charge in [0.1, 0.15) is 153 Å². The molecule has 1 saturated carbocycles. The van der Waals surface area contributed by atoms with Crippen LogP contribution in [-0.2, 0) is 74.9 Å². The summed E-state index contributed by atoms with van der Waals surface area (Å²) in [5.41, 5.74) is 11.5. The molecule has 474 valence electrons. The summed E-state index contributed by atoms with van der Waals surface area (Å²) in [4.78, 5) is 41.3. The third-order valence-electron chi connectivity index (χ3n) is 14.0. The van der Waals surface area contributed by atoms with Crippen LogP contribution >= 0.6 is 15.6 Å². The van der Waals surface area contributed by atoms with Gasteiger partial charge in [-0.2, -0.15) is 0 Å². The molecule has 1 amide bonds. The van der Waals surface area contributed by atoms with E-state index in [1.54, 1.807) is 0 Å². The maximum Gasteiger partial charge on any atom is 0.472 e. The number of carbonyl (C=O) groups excluding carboxylic acids is 1. The van der Waals surface area contributed by atoms with Gasteiger partial charge in [-0.15, -0.1) is 0 Å². The molecule has 6 fully saturated rings. The molecule has 32 atom stereocenters. The van der Waals surface area contributed by atoms with E-state index in [4.69, 9.17) is 63.4 Å². The number of carbonyl (C=O) groups is 1. The second kappa shape index (κ2) is 29.0. The lowest BCUT2D eigenvalue weighted by Crippen LogP contribution is -2.70. The van der Waals surface area contributed by atoms with Crippen LogP contribution in [0.5, 0.6) is 0 Å². The molecule has 6 aliphatic rings. The van der Waals surface area contributed by atoms with Gasteiger partial charge in [-0.3, -0.25) is 18.4 Å². The van der Waals surface area contributed by atoms with E-state index in [-0.39, 0.29) is 6.54 Å². The van der Waals surface area contributed by atoms with E-state index in [1.807, 2.05) is 0 Å². The molecular formula is C40H73N3O36P2. The summed E-state index contributed by atoms with van der Waals surface area (Å²) in [7, 11) is -10.4. The Balaban J connectivity index is 1.28. The molecule has 0 aromatic rings. The lowest BCUT2D eigenvalue weighted by molar-refractivity contribution is -0.385. The highest BCUT2D eigenvalue weighted by atomic mass is 31.2. The Morgan fingerprint density at radius 3 is 1.47 bits per heavy atom. The largest absolute Gasteiger partial charge is 0.472 e. The van der Waals surface area contributed by atoms with Gasteiger partial charge in [0.15, 0.2) is 31.5 Å². The fourth-order valence-corrected chi connectivity index (χ4v) is 10.9. The molecule has 41 heteroatoms. The Hall–Kier alpha value is -1.47. The molecule has 5 saturated heterocycles. The van der Waals surface area contributed by atoms with Crippen molar-refractivity contribution < 1.29 is 176 Å². The Morgan fingerprint density at radius 1 is 0.469 bits per heavy atom.